The Balaban J connectivity index is 1.89. The molecular weight excluding hydrogens is 310 g/mol. The highest BCUT2D eigenvalue weighted by Gasteiger charge is 2.14. The zero-order valence-corrected chi connectivity index (χ0v) is 14.6. The van der Waals surface area contributed by atoms with Crippen LogP contribution in [0.1, 0.15) is 25.8 Å². The normalized spacial score (nSPS) is 10.8. The molecule has 4 heteroatoms. The van der Waals surface area contributed by atoms with Crippen molar-refractivity contribution in [3.63, 3.8) is 0 Å². The lowest BCUT2D eigenvalue weighted by molar-refractivity contribution is -0.121. The summed E-state index contributed by atoms with van der Waals surface area (Å²) in [7, 11) is 0. The van der Waals surface area contributed by atoms with Crippen LogP contribution in [0.4, 0.5) is 0 Å². The second kappa shape index (κ2) is 7.79. The summed E-state index contributed by atoms with van der Waals surface area (Å²) in [5.41, 5.74) is 4.09. The van der Waals surface area contributed by atoms with Crippen molar-refractivity contribution in [2.45, 2.75) is 32.7 Å². The average Bonchev–Trinajstić information content (AvgIpc) is 3.05. The van der Waals surface area contributed by atoms with Crippen molar-refractivity contribution in [2.75, 3.05) is 0 Å². The lowest BCUT2D eigenvalue weighted by atomic mass is 10.0. The molecule has 0 aliphatic rings. The molecule has 1 aromatic heterocycles. The van der Waals surface area contributed by atoms with Crippen molar-refractivity contribution < 1.29 is 4.79 Å². The summed E-state index contributed by atoms with van der Waals surface area (Å²) in [5.74, 6) is 0.0708. The largest absolute Gasteiger partial charge is 0.354 e. The monoisotopic (exact) mass is 333 g/mol. The van der Waals surface area contributed by atoms with E-state index in [0.29, 0.717) is 12.8 Å². The van der Waals surface area contributed by atoms with Crippen molar-refractivity contribution in [3.8, 4) is 16.9 Å². The Morgan fingerprint density at radius 3 is 2.32 bits per heavy atom. The Hall–Kier alpha value is -2.88. The molecule has 1 heterocycles. The van der Waals surface area contributed by atoms with Gasteiger partial charge < -0.3 is 5.32 Å². The topological polar surface area (TPSA) is 46.9 Å². The number of rotatable bonds is 6. The minimum absolute atomic E-state index is 0.0708. The van der Waals surface area contributed by atoms with Crippen LogP contribution in [0, 0.1) is 0 Å². The van der Waals surface area contributed by atoms with Crippen LogP contribution in [0.15, 0.2) is 66.9 Å². The maximum Gasteiger partial charge on any atom is 0.220 e. The zero-order valence-electron chi connectivity index (χ0n) is 14.6. The van der Waals surface area contributed by atoms with E-state index in [-0.39, 0.29) is 11.9 Å². The molecule has 0 atom stereocenters. The molecule has 0 fully saturated rings. The van der Waals surface area contributed by atoms with Gasteiger partial charge >= 0.3 is 0 Å². The predicted octanol–water partition coefficient (Wildman–Crippen LogP) is 4.00. The smallest absolute Gasteiger partial charge is 0.220 e. The molecule has 0 aliphatic heterocycles. The van der Waals surface area contributed by atoms with E-state index in [1.807, 2.05) is 73.3 Å². The van der Waals surface area contributed by atoms with Gasteiger partial charge in [0.15, 0.2) is 0 Å². The van der Waals surface area contributed by atoms with E-state index in [1.54, 1.807) is 0 Å². The van der Waals surface area contributed by atoms with Gasteiger partial charge in [-0.05, 0) is 38.0 Å². The molecule has 2 aromatic carbocycles. The number of hydrogen-bond acceptors (Lipinski definition) is 2. The molecule has 0 aliphatic carbocycles. The second-order valence-corrected chi connectivity index (χ2v) is 6.37. The SMILES string of the molecule is CC(C)NC(=O)CCc1cn(-c2ccccc2)nc1-c1ccccc1. The van der Waals surface area contributed by atoms with Crippen molar-refractivity contribution in [2.24, 2.45) is 0 Å². The number of aromatic nitrogens is 2. The van der Waals surface area contributed by atoms with Crippen molar-refractivity contribution in [1.29, 1.82) is 0 Å². The van der Waals surface area contributed by atoms with Gasteiger partial charge in [0.05, 0.1) is 11.4 Å². The van der Waals surface area contributed by atoms with Crippen LogP contribution >= 0.6 is 0 Å². The van der Waals surface area contributed by atoms with E-state index in [2.05, 4.69) is 17.4 Å². The average molecular weight is 333 g/mol. The fraction of sp³-hybridized carbons (Fsp3) is 0.238. The zero-order chi connectivity index (χ0) is 17.6. The van der Waals surface area contributed by atoms with Crippen LogP contribution in [0.2, 0.25) is 0 Å². The number of carbonyl (C=O) groups is 1. The molecule has 0 radical (unpaired) electrons. The van der Waals surface area contributed by atoms with Gasteiger partial charge in [0.1, 0.15) is 0 Å². The second-order valence-electron chi connectivity index (χ2n) is 6.37. The van der Waals surface area contributed by atoms with E-state index in [9.17, 15) is 4.79 Å². The Kier molecular flexibility index (Phi) is 5.29. The number of benzene rings is 2. The first-order valence-electron chi connectivity index (χ1n) is 8.62. The molecule has 1 N–H and O–H groups in total. The minimum Gasteiger partial charge on any atom is -0.354 e. The summed E-state index contributed by atoms with van der Waals surface area (Å²) in [6.07, 6.45) is 3.15. The fourth-order valence-electron chi connectivity index (χ4n) is 2.79. The third kappa shape index (κ3) is 4.35. The van der Waals surface area contributed by atoms with Gasteiger partial charge in [-0.25, -0.2) is 4.68 Å². The molecule has 3 rings (SSSR count). The molecule has 0 saturated heterocycles. The lowest BCUT2D eigenvalue weighted by Crippen LogP contribution is -2.30. The van der Waals surface area contributed by atoms with Crippen LogP contribution in [0.3, 0.4) is 0 Å². The Bertz CT molecular complexity index is 823. The van der Waals surface area contributed by atoms with Crippen molar-refractivity contribution in [3.05, 3.63) is 72.4 Å². The summed E-state index contributed by atoms with van der Waals surface area (Å²) in [4.78, 5) is 12.0. The maximum absolute atomic E-state index is 12.0. The van der Waals surface area contributed by atoms with Gasteiger partial charge in [0.2, 0.25) is 5.91 Å². The molecule has 1 amide bonds. The van der Waals surface area contributed by atoms with E-state index in [0.717, 1.165) is 22.5 Å². The first-order valence-corrected chi connectivity index (χ1v) is 8.62. The molecule has 0 bridgehead atoms. The van der Waals surface area contributed by atoms with E-state index < -0.39 is 0 Å². The summed E-state index contributed by atoms with van der Waals surface area (Å²) in [6, 6.07) is 20.3. The third-order valence-corrected chi connectivity index (χ3v) is 3.93. The molecule has 128 valence electrons. The lowest BCUT2D eigenvalue weighted by Gasteiger charge is -2.08. The van der Waals surface area contributed by atoms with Crippen molar-refractivity contribution in [1.82, 2.24) is 15.1 Å². The summed E-state index contributed by atoms with van der Waals surface area (Å²) < 4.78 is 1.89. The number of amides is 1. The third-order valence-electron chi connectivity index (χ3n) is 3.93. The highest BCUT2D eigenvalue weighted by molar-refractivity contribution is 5.77. The van der Waals surface area contributed by atoms with Crippen LogP contribution in [-0.2, 0) is 11.2 Å². The number of hydrogen-bond donors (Lipinski definition) is 1. The molecule has 0 unspecified atom stereocenters. The van der Waals surface area contributed by atoms with Gasteiger partial charge in [0, 0.05) is 24.2 Å². The van der Waals surface area contributed by atoms with Gasteiger partial charge in [-0.1, -0.05) is 48.5 Å². The van der Waals surface area contributed by atoms with Crippen LogP contribution in [0.5, 0.6) is 0 Å². The molecule has 25 heavy (non-hydrogen) atoms. The van der Waals surface area contributed by atoms with Crippen molar-refractivity contribution >= 4 is 5.91 Å². The Morgan fingerprint density at radius 2 is 1.68 bits per heavy atom. The number of nitrogens with one attached hydrogen (secondary N) is 1. The van der Waals surface area contributed by atoms with Gasteiger partial charge in [0.25, 0.3) is 0 Å². The Morgan fingerprint density at radius 1 is 1.04 bits per heavy atom. The highest BCUT2D eigenvalue weighted by atomic mass is 16.1. The summed E-state index contributed by atoms with van der Waals surface area (Å²) >= 11 is 0. The summed E-state index contributed by atoms with van der Waals surface area (Å²) in [6.45, 7) is 3.95. The summed E-state index contributed by atoms with van der Waals surface area (Å²) in [5, 5.41) is 7.72. The minimum atomic E-state index is 0.0708. The number of para-hydroxylation sites is 1. The molecule has 4 nitrogen and oxygen atoms in total. The molecule has 3 aromatic rings. The quantitative estimate of drug-likeness (QED) is 0.741. The fourth-order valence-corrected chi connectivity index (χ4v) is 2.79. The highest BCUT2D eigenvalue weighted by Crippen LogP contribution is 2.24. The molecule has 0 spiro atoms. The van der Waals surface area contributed by atoms with Crippen LogP contribution < -0.4 is 5.32 Å². The van der Waals surface area contributed by atoms with E-state index >= 15 is 0 Å². The van der Waals surface area contributed by atoms with E-state index in [4.69, 9.17) is 5.10 Å². The molecule has 0 saturated carbocycles. The van der Waals surface area contributed by atoms with Gasteiger partial charge in [-0.3, -0.25) is 4.79 Å². The first kappa shape index (κ1) is 17.0. The standard InChI is InChI=1S/C21H23N3O/c1-16(2)22-20(25)14-13-18-15-24(19-11-7-4-8-12-19)23-21(18)17-9-5-3-6-10-17/h3-12,15-16H,13-14H2,1-2H3,(H,22,25). The Labute approximate surface area is 148 Å². The van der Waals surface area contributed by atoms with E-state index in [1.165, 1.54) is 0 Å². The van der Waals surface area contributed by atoms with Gasteiger partial charge in [-0.2, -0.15) is 5.10 Å². The van der Waals surface area contributed by atoms with Gasteiger partial charge in [-0.15, -0.1) is 0 Å². The number of carbonyl (C=O) groups excluding carboxylic acids is 1. The molecular formula is C21H23N3O. The number of aryl methyl sites for hydroxylation is 1. The van der Waals surface area contributed by atoms with Crippen LogP contribution in [0.25, 0.3) is 16.9 Å². The number of nitrogens with zero attached hydrogens (tertiary/aromatic N) is 2. The predicted molar refractivity (Wildman–Crippen MR) is 101 cm³/mol. The first-order chi connectivity index (χ1) is 12.1. The maximum atomic E-state index is 12.0. The van der Waals surface area contributed by atoms with Crippen LogP contribution in [-0.4, -0.2) is 21.7 Å².